The van der Waals surface area contributed by atoms with Crippen LogP contribution in [0.4, 0.5) is 0 Å². The molecule has 0 bridgehead atoms. The number of unbranched alkanes of at least 4 members (excludes halogenated alkanes) is 24. The minimum Gasteiger partial charge on any atom is -0.463 e. The number of carbonyl (C=O) groups is 1. The largest absolute Gasteiger partial charge is 0.463 e. The Morgan fingerprint density at radius 2 is 0.822 bits per heavy atom. The van der Waals surface area contributed by atoms with Gasteiger partial charge in [0.15, 0.2) is 0 Å². The number of rotatable bonds is 37. The van der Waals surface area contributed by atoms with Crippen molar-refractivity contribution in [2.75, 3.05) is 26.4 Å². The first-order chi connectivity index (χ1) is 22.2. The van der Waals surface area contributed by atoms with Gasteiger partial charge in [0.2, 0.25) is 0 Å². The second-order valence-corrected chi connectivity index (χ2v) is 13.2. The average molecular weight is 635 g/mol. The van der Waals surface area contributed by atoms with Gasteiger partial charge in [-0.05, 0) is 64.2 Å². The first-order valence-electron chi connectivity index (χ1n) is 19.8. The van der Waals surface area contributed by atoms with Crippen LogP contribution in [0, 0.1) is 0 Å². The second kappa shape index (κ2) is 39.1. The van der Waals surface area contributed by atoms with Gasteiger partial charge >= 0.3 is 5.97 Å². The minimum absolute atomic E-state index is 0.161. The van der Waals surface area contributed by atoms with Crippen LogP contribution in [-0.2, 0) is 19.0 Å². The van der Waals surface area contributed by atoms with Crippen LogP contribution in [0.2, 0.25) is 0 Å². The highest BCUT2D eigenvalue weighted by Gasteiger charge is 2.11. The van der Waals surface area contributed by atoms with Crippen molar-refractivity contribution >= 4 is 5.97 Å². The van der Waals surface area contributed by atoms with Crippen LogP contribution >= 0.6 is 0 Å². The molecule has 0 heterocycles. The lowest BCUT2D eigenvalue weighted by atomic mass is 10.1. The summed E-state index contributed by atoms with van der Waals surface area (Å²) >= 11 is 0. The smallest absolute Gasteiger partial charge is 0.302 e. The number of hydrogen-bond donors (Lipinski definition) is 0. The number of esters is 1. The fraction of sp³-hybridized carbons (Fsp3) is 0.878. The molecule has 0 spiro atoms. The predicted molar refractivity (Wildman–Crippen MR) is 196 cm³/mol. The number of hydrogen-bond acceptors (Lipinski definition) is 4. The molecule has 0 aliphatic carbocycles. The summed E-state index contributed by atoms with van der Waals surface area (Å²) in [5.74, 6) is -0.255. The summed E-state index contributed by atoms with van der Waals surface area (Å²) in [6, 6.07) is 0. The van der Waals surface area contributed by atoms with Crippen LogP contribution in [0.25, 0.3) is 0 Å². The van der Waals surface area contributed by atoms with E-state index in [4.69, 9.17) is 14.2 Å². The van der Waals surface area contributed by atoms with Crippen molar-refractivity contribution in [1.82, 2.24) is 0 Å². The maximum Gasteiger partial charge on any atom is 0.302 e. The highest BCUT2D eigenvalue weighted by Crippen LogP contribution is 2.12. The van der Waals surface area contributed by atoms with E-state index in [0.717, 1.165) is 19.4 Å². The van der Waals surface area contributed by atoms with Gasteiger partial charge in [-0.25, -0.2) is 0 Å². The highest BCUT2D eigenvalue weighted by molar-refractivity contribution is 5.65. The van der Waals surface area contributed by atoms with Crippen molar-refractivity contribution in [3.05, 3.63) is 24.3 Å². The molecule has 0 saturated heterocycles. The van der Waals surface area contributed by atoms with Crippen molar-refractivity contribution in [3.63, 3.8) is 0 Å². The minimum atomic E-state index is -0.255. The summed E-state index contributed by atoms with van der Waals surface area (Å²) in [5.41, 5.74) is 0. The van der Waals surface area contributed by atoms with Crippen molar-refractivity contribution in [2.45, 2.75) is 207 Å². The number of carbonyl (C=O) groups excluding carboxylic acids is 1. The maximum absolute atomic E-state index is 11.3. The highest BCUT2D eigenvalue weighted by atomic mass is 16.6. The topological polar surface area (TPSA) is 44.8 Å². The summed E-state index contributed by atoms with van der Waals surface area (Å²) < 4.78 is 17.1. The van der Waals surface area contributed by atoms with E-state index in [2.05, 4.69) is 38.2 Å². The van der Waals surface area contributed by atoms with Gasteiger partial charge in [-0.15, -0.1) is 0 Å². The molecular weight excluding hydrogens is 556 g/mol. The molecule has 1 atom stereocenters. The monoisotopic (exact) mass is 635 g/mol. The SMILES string of the molecule is CCCCCCCC/C=C\CCCCCCCCOCC(COC(C)=O)OCCCCCCCC/C=C\CCCCCCCC. The molecule has 0 saturated carbocycles. The molecule has 0 aromatic heterocycles. The van der Waals surface area contributed by atoms with E-state index in [1.165, 1.54) is 174 Å². The van der Waals surface area contributed by atoms with Crippen molar-refractivity contribution in [1.29, 1.82) is 0 Å². The van der Waals surface area contributed by atoms with Gasteiger partial charge in [-0.3, -0.25) is 4.79 Å². The molecule has 0 aromatic carbocycles. The third-order valence-corrected chi connectivity index (χ3v) is 8.59. The zero-order valence-corrected chi connectivity index (χ0v) is 30.6. The summed E-state index contributed by atoms with van der Waals surface area (Å²) in [4.78, 5) is 11.3. The molecule has 0 aliphatic heterocycles. The summed E-state index contributed by atoms with van der Waals surface area (Å²) in [5, 5.41) is 0. The van der Waals surface area contributed by atoms with E-state index < -0.39 is 0 Å². The third-order valence-electron chi connectivity index (χ3n) is 8.59. The zero-order valence-electron chi connectivity index (χ0n) is 30.6. The summed E-state index contributed by atoms with van der Waals surface area (Å²) in [7, 11) is 0. The lowest BCUT2D eigenvalue weighted by Crippen LogP contribution is -2.27. The predicted octanol–water partition coefficient (Wildman–Crippen LogP) is 13.0. The Bertz CT molecular complexity index is 629. The van der Waals surface area contributed by atoms with Crippen molar-refractivity contribution in [3.8, 4) is 0 Å². The Morgan fingerprint density at radius 3 is 1.22 bits per heavy atom. The van der Waals surface area contributed by atoms with Gasteiger partial charge in [-0.2, -0.15) is 0 Å². The first kappa shape index (κ1) is 43.9. The Kier molecular flexibility index (Phi) is 38.1. The van der Waals surface area contributed by atoms with E-state index in [0.29, 0.717) is 13.2 Å². The maximum atomic E-state index is 11.3. The molecule has 0 radical (unpaired) electrons. The van der Waals surface area contributed by atoms with Crippen LogP contribution in [0.1, 0.15) is 201 Å². The van der Waals surface area contributed by atoms with Crippen LogP contribution in [0.15, 0.2) is 24.3 Å². The van der Waals surface area contributed by atoms with E-state index >= 15 is 0 Å². The molecule has 0 aromatic rings. The summed E-state index contributed by atoms with van der Waals surface area (Å²) in [6.07, 6.45) is 46.0. The molecule has 4 nitrogen and oxygen atoms in total. The van der Waals surface area contributed by atoms with Crippen LogP contribution in [0.5, 0.6) is 0 Å². The first-order valence-corrected chi connectivity index (χ1v) is 19.8. The van der Waals surface area contributed by atoms with E-state index in [9.17, 15) is 4.79 Å². The molecule has 266 valence electrons. The molecule has 0 N–H and O–H groups in total. The van der Waals surface area contributed by atoms with Gasteiger partial charge in [0.25, 0.3) is 0 Å². The Balaban J connectivity index is 3.60. The van der Waals surface area contributed by atoms with Crippen molar-refractivity contribution < 1.29 is 19.0 Å². The quantitative estimate of drug-likeness (QED) is 0.0387. The van der Waals surface area contributed by atoms with Gasteiger partial charge in [-0.1, -0.05) is 154 Å². The third kappa shape index (κ3) is 39.0. The van der Waals surface area contributed by atoms with E-state index in [1.54, 1.807) is 0 Å². The Morgan fingerprint density at radius 1 is 0.467 bits per heavy atom. The molecule has 1 unspecified atom stereocenters. The van der Waals surface area contributed by atoms with Crippen LogP contribution < -0.4 is 0 Å². The average Bonchev–Trinajstić information content (AvgIpc) is 3.04. The lowest BCUT2D eigenvalue weighted by Gasteiger charge is -2.18. The molecule has 4 heteroatoms. The number of ether oxygens (including phenoxy) is 3. The molecule has 0 rings (SSSR count). The fourth-order valence-corrected chi connectivity index (χ4v) is 5.62. The summed E-state index contributed by atoms with van der Waals surface area (Å²) in [6.45, 7) is 8.28. The second-order valence-electron chi connectivity index (χ2n) is 13.2. The van der Waals surface area contributed by atoms with Gasteiger partial charge < -0.3 is 14.2 Å². The van der Waals surface area contributed by atoms with Gasteiger partial charge in [0.05, 0.1) is 6.61 Å². The molecule has 0 amide bonds. The van der Waals surface area contributed by atoms with Crippen LogP contribution in [0.3, 0.4) is 0 Å². The number of allylic oxidation sites excluding steroid dienone is 4. The van der Waals surface area contributed by atoms with Gasteiger partial charge in [0, 0.05) is 20.1 Å². The van der Waals surface area contributed by atoms with E-state index in [-0.39, 0.29) is 18.7 Å². The Labute approximate surface area is 281 Å². The standard InChI is InChI=1S/C41H78O4/c1-4-6-8-10-12-14-16-18-20-22-24-26-28-30-32-34-36-43-38-41(39-45-40(3)42)44-37-35-33-31-29-27-25-23-21-19-17-15-13-11-9-7-5-2/h18-21,41H,4-17,22-39H2,1-3H3/b20-18-,21-19-. The molecule has 0 aliphatic rings. The molecular formula is C41H78O4. The molecule has 45 heavy (non-hydrogen) atoms. The van der Waals surface area contributed by atoms with E-state index in [1.807, 2.05) is 0 Å². The normalized spacial score (nSPS) is 12.5. The fourth-order valence-electron chi connectivity index (χ4n) is 5.62. The molecule has 0 fully saturated rings. The zero-order chi connectivity index (χ0) is 32.7. The van der Waals surface area contributed by atoms with Crippen LogP contribution in [-0.4, -0.2) is 38.5 Å². The Hall–Kier alpha value is -1.13. The van der Waals surface area contributed by atoms with Crippen molar-refractivity contribution in [2.24, 2.45) is 0 Å². The van der Waals surface area contributed by atoms with Gasteiger partial charge in [0.1, 0.15) is 12.7 Å². The lowest BCUT2D eigenvalue weighted by molar-refractivity contribution is -0.147.